The number of rotatable bonds is 0. The van der Waals surface area contributed by atoms with Crippen molar-refractivity contribution in [3.05, 3.63) is 12.2 Å². The van der Waals surface area contributed by atoms with Crippen LogP contribution in [0.3, 0.4) is 0 Å². The third-order valence-corrected chi connectivity index (χ3v) is 1.34. The first kappa shape index (κ1) is 9.21. The van der Waals surface area contributed by atoms with E-state index in [0.29, 0.717) is 6.42 Å². The highest BCUT2D eigenvalue weighted by Gasteiger charge is 1.98. The average molecular weight is 141 g/mol. The van der Waals surface area contributed by atoms with Crippen molar-refractivity contribution in [1.29, 1.82) is 0 Å². The van der Waals surface area contributed by atoms with Crippen molar-refractivity contribution in [2.75, 3.05) is 6.54 Å². The molecule has 0 bridgehead atoms. The molecule has 0 aromatic carbocycles. The lowest BCUT2D eigenvalue weighted by atomic mass is 10.2. The van der Waals surface area contributed by atoms with E-state index >= 15 is 0 Å². The van der Waals surface area contributed by atoms with Crippen LogP contribution in [0.4, 0.5) is 0 Å². The van der Waals surface area contributed by atoms with Crippen LogP contribution in [0.15, 0.2) is 12.2 Å². The summed E-state index contributed by atoms with van der Waals surface area (Å²) in [5.74, 6) is 0.180. The van der Waals surface area contributed by atoms with Gasteiger partial charge in [-0.1, -0.05) is 19.6 Å². The van der Waals surface area contributed by atoms with E-state index in [9.17, 15) is 4.79 Å². The van der Waals surface area contributed by atoms with Crippen molar-refractivity contribution in [2.45, 2.75) is 26.7 Å². The van der Waals surface area contributed by atoms with Gasteiger partial charge in [0, 0.05) is 13.0 Å². The fraction of sp³-hybridized carbons (Fsp3) is 0.625. The molecule has 0 unspecified atom stereocenters. The number of carbonyl (C=O) groups is 1. The van der Waals surface area contributed by atoms with Crippen LogP contribution in [0.25, 0.3) is 0 Å². The molecule has 0 saturated heterocycles. The van der Waals surface area contributed by atoms with Gasteiger partial charge in [0.05, 0.1) is 0 Å². The van der Waals surface area contributed by atoms with Crippen molar-refractivity contribution in [3.8, 4) is 0 Å². The largest absolute Gasteiger partial charge is 0.356 e. The molecule has 1 amide bonds. The average Bonchev–Trinajstić information content (AvgIpc) is 1.79. The zero-order chi connectivity index (χ0) is 6.53. The Labute approximate surface area is 62.3 Å². The van der Waals surface area contributed by atoms with Crippen LogP contribution in [-0.4, -0.2) is 12.5 Å². The highest BCUT2D eigenvalue weighted by Crippen LogP contribution is 1.95. The van der Waals surface area contributed by atoms with Gasteiger partial charge in [-0.2, -0.15) is 0 Å². The molecule has 0 spiro atoms. The normalized spacial score (nSPS) is 21.4. The highest BCUT2D eigenvalue weighted by atomic mass is 16.1. The van der Waals surface area contributed by atoms with Crippen LogP contribution in [0.2, 0.25) is 0 Å². The van der Waals surface area contributed by atoms with E-state index in [0.717, 1.165) is 19.4 Å². The smallest absolute Gasteiger partial charge is 0.220 e. The second-order valence-electron chi connectivity index (χ2n) is 2.15. The zero-order valence-electron chi connectivity index (χ0n) is 5.39. The van der Waals surface area contributed by atoms with Crippen molar-refractivity contribution >= 4 is 5.91 Å². The van der Waals surface area contributed by atoms with Crippen molar-refractivity contribution < 1.29 is 4.79 Å². The summed E-state index contributed by atoms with van der Waals surface area (Å²) in [6, 6.07) is 0. The quantitative estimate of drug-likeness (QED) is 0.509. The molecule has 0 atom stereocenters. The number of carbonyl (C=O) groups excluding carboxylic acids is 1. The molecule has 1 N–H and O–H groups in total. The van der Waals surface area contributed by atoms with Gasteiger partial charge >= 0.3 is 0 Å². The molecule has 58 valence electrons. The minimum atomic E-state index is 0. The van der Waals surface area contributed by atoms with Gasteiger partial charge in [-0.05, 0) is 12.8 Å². The van der Waals surface area contributed by atoms with Crippen molar-refractivity contribution in [3.63, 3.8) is 0 Å². The number of nitrogens with one attached hydrogen (secondary N) is 1. The molecule has 0 radical (unpaired) electrons. The van der Waals surface area contributed by atoms with Crippen LogP contribution < -0.4 is 5.32 Å². The Kier molecular flexibility index (Phi) is 4.63. The Morgan fingerprint density at radius 1 is 1.30 bits per heavy atom. The third-order valence-electron chi connectivity index (χ3n) is 1.34. The zero-order valence-corrected chi connectivity index (χ0v) is 5.39. The van der Waals surface area contributed by atoms with E-state index in [4.69, 9.17) is 0 Å². The molecular formula is C8H15NO. The van der Waals surface area contributed by atoms with Gasteiger partial charge in [-0.15, -0.1) is 0 Å². The first-order valence-corrected chi connectivity index (χ1v) is 3.31. The highest BCUT2D eigenvalue weighted by molar-refractivity contribution is 5.76. The Morgan fingerprint density at radius 3 is 2.80 bits per heavy atom. The SMILES string of the molecule is C.O=C1CC/C=C\CCN1. The summed E-state index contributed by atoms with van der Waals surface area (Å²) in [7, 11) is 0. The van der Waals surface area contributed by atoms with Gasteiger partial charge in [-0.3, -0.25) is 4.79 Å². The van der Waals surface area contributed by atoms with Gasteiger partial charge in [0.15, 0.2) is 0 Å². The molecule has 10 heavy (non-hydrogen) atoms. The molecular weight excluding hydrogens is 126 g/mol. The molecule has 0 aliphatic carbocycles. The van der Waals surface area contributed by atoms with E-state index in [1.54, 1.807) is 0 Å². The number of hydrogen-bond donors (Lipinski definition) is 1. The first-order chi connectivity index (χ1) is 4.39. The number of allylic oxidation sites excluding steroid dienone is 1. The van der Waals surface area contributed by atoms with E-state index in [1.807, 2.05) is 0 Å². The third kappa shape index (κ3) is 3.28. The molecule has 2 nitrogen and oxygen atoms in total. The van der Waals surface area contributed by atoms with E-state index in [-0.39, 0.29) is 13.3 Å². The van der Waals surface area contributed by atoms with Crippen LogP contribution in [0.5, 0.6) is 0 Å². The molecule has 0 fully saturated rings. The molecule has 0 aromatic rings. The first-order valence-electron chi connectivity index (χ1n) is 3.31. The summed E-state index contributed by atoms with van der Waals surface area (Å²) in [6.45, 7) is 0.801. The van der Waals surface area contributed by atoms with Gasteiger partial charge in [0.1, 0.15) is 0 Å². The molecule has 1 aliphatic heterocycles. The predicted molar refractivity (Wildman–Crippen MR) is 42.7 cm³/mol. The minimum Gasteiger partial charge on any atom is -0.356 e. The molecule has 0 saturated carbocycles. The monoisotopic (exact) mass is 141 g/mol. The second kappa shape index (κ2) is 5.03. The van der Waals surface area contributed by atoms with Crippen LogP contribution in [0.1, 0.15) is 26.7 Å². The summed E-state index contributed by atoms with van der Waals surface area (Å²) in [4.78, 5) is 10.7. The van der Waals surface area contributed by atoms with Crippen molar-refractivity contribution in [2.24, 2.45) is 0 Å². The van der Waals surface area contributed by atoms with Gasteiger partial charge < -0.3 is 5.32 Å². The molecule has 1 aliphatic rings. The molecule has 0 aromatic heterocycles. The maximum atomic E-state index is 10.7. The lowest BCUT2D eigenvalue weighted by molar-refractivity contribution is -0.121. The second-order valence-corrected chi connectivity index (χ2v) is 2.15. The standard InChI is InChI=1S/C7H11NO.CH4/c9-7-5-3-1-2-4-6-8-7;/h1-2H,3-6H2,(H,8,9);1H4/b2-1-;. The predicted octanol–water partition coefficient (Wildman–Crippen LogP) is 1.48. The summed E-state index contributed by atoms with van der Waals surface area (Å²) in [6.07, 6.45) is 6.70. The minimum absolute atomic E-state index is 0. The summed E-state index contributed by atoms with van der Waals surface area (Å²) < 4.78 is 0. The lowest BCUT2D eigenvalue weighted by Crippen LogP contribution is -2.24. The fourth-order valence-corrected chi connectivity index (χ4v) is 0.833. The Balaban J connectivity index is 0.000000810. The van der Waals surface area contributed by atoms with Crippen LogP contribution in [0, 0.1) is 0 Å². The maximum absolute atomic E-state index is 10.7. The molecule has 1 rings (SSSR count). The van der Waals surface area contributed by atoms with Gasteiger partial charge in [0.25, 0.3) is 0 Å². The maximum Gasteiger partial charge on any atom is 0.220 e. The van der Waals surface area contributed by atoms with E-state index < -0.39 is 0 Å². The van der Waals surface area contributed by atoms with Crippen molar-refractivity contribution in [1.82, 2.24) is 5.32 Å². The van der Waals surface area contributed by atoms with E-state index in [1.165, 1.54) is 0 Å². The molecule has 2 heteroatoms. The molecule has 1 heterocycles. The van der Waals surface area contributed by atoms with Crippen LogP contribution >= 0.6 is 0 Å². The van der Waals surface area contributed by atoms with Crippen LogP contribution in [-0.2, 0) is 4.79 Å². The number of hydrogen-bond acceptors (Lipinski definition) is 1. The van der Waals surface area contributed by atoms with E-state index in [2.05, 4.69) is 17.5 Å². The Bertz CT molecular complexity index is 129. The number of amides is 1. The lowest BCUT2D eigenvalue weighted by Gasteiger charge is -2.03. The van der Waals surface area contributed by atoms with Gasteiger partial charge in [0.2, 0.25) is 5.91 Å². The fourth-order valence-electron chi connectivity index (χ4n) is 0.833. The topological polar surface area (TPSA) is 29.1 Å². The Hall–Kier alpha value is -0.790. The Morgan fingerprint density at radius 2 is 2.00 bits per heavy atom. The summed E-state index contributed by atoms with van der Waals surface area (Å²) in [5.41, 5.74) is 0. The summed E-state index contributed by atoms with van der Waals surface area (Å²) >= 11 is 0. The summed E-state index contributed by atoms with van der Waals surface area (Å²) in [5, 5.41) is 2.79. The van der Waals surface area contributed by atoms with Gasteiger partial charge in [-0.25, -0.2) is 0 Å².